The van der Waals surface area contributed by atoms with Crippen LogP contribution in [-0.2, 0) is 4.79 Å². The van der Waals surface area contributed by atoms with Crippen molar-refractivity contribution in [1.82, 2.24) is 4.90 Å². The topological polar surface area (TPSA) is 40.5 Å². The number of carbonyl (C=O) groups excluding carboxylic acids is 1. The van der Waals surface area contributed by atoms with Crippen LogP contribution >= 0.6 is 0 Å². The smallest absolute Gasteiger partial charge is 0.157 e. The molecule has 3 heteroatoms. The number of hydrogen-bond acceptors (Lipinski definition) is 3. The first-order chi connectivity index (χ1) is 6.72. The third kappa shape index (κ3) is 1.57. The molecule has 0 aromatic heterocycles. The summed E-state index contributed by atoms with van der Waals surface area (Å²) < 4.78 is 0. The fourth-order valence-corrected chi connectivity index (χ4v) is 2.46. The Balaban J connectivity index is 2.06. The van der Waals surface area contributed by atoms with Gasteiger partial charge in [-0.3, -0.25) is 4.79 Å². The van der Waals surface area contributed by atoms with Crippen LogP contribution in [0.5, 0.6) is 0 Å². The van der Waals surface area contributed by atoms with Gasteiger partial charge in [-0.1, -0.05) is 0 Å². The number of rotatable bonds is 2. The van der Waals surface area contributed by atoms with E-state index in [-0.39, 0.29) is 12.4 Å². The molecule has 0 bridgehead atoms. The number of likely N-dealkylation sites (tertiary alicyclic amines) is 1. The molecule has 0 amide bonds. The summed E-state index contributed by atoms with van der Waals surface area (Å²) in [6, 6.07) is 0.386. The Hall–Kier alpha value is -0.830. The Morgan fingerprint density at radius 2 is 2.36 bits per heavy atom. The Labute approximate surface area is 84.4 Å². The Kier molecular flexibility index (Phi) is 2.59. The average Bonchev–Trinajstić information content (AvgIpc) is 2.72. The van der Waals surface area contributed by atoms with Crippen molar-refractivity contribution in [2.75, 3.05) is 13.2 Å². The van der Waals surface area contributed by atoms with Crippen molar-refractivity contribution in [1.29, 1.82) is 0 Å². The first-order valence-corrected chi connectivity index (χ1v) is 5.33. The summed E-state index contributed by atoms with van der Waals surface area (Å²) in [5.74, 6) is 0.631. The van der Waals surface area contributed by atoms with E-state index in [1.54, 1.807) is 6.08 Å². The molecule has 78 valence electrons. The molecule has 3 nitrogen and oxygen atoms in total. The van der Waals surface area contributed by atoms with Crippen LogP contribution in [0.15, 0.2) is 11.8 Å². The normalized spacial score (nSPS) is 32.6. The third-order valence-corrected chi connectivity index (χ3v) is 3.47. The van der Waals surface area contributed by atoms with Crippen LogP contribution in [-0.4, -0.2) is 35.0 Å². The first kappa shape index (κ1) is 9.71. The summed E-state index contributed by atoms with van der Waals surface area (Å²) in [5.41, 5.74) is 1.18. The second-order valence-corrected chi connectivity index (χ2v) is 4.27. The van der Waals surface area contributed by atoms with Crippen molar-refractivity contribution in [3.05, 3.63) is 11.8 Å². The van der Waals surface area contributed by atoms with Gasteiger partial charge in [-0.05, 0) is 19.8 Å². The lowest BCUT2D eigenvalue weighted by Crippen LogP contribution is -2.30. The van der Waals surface area contributed by atoms with E-state index in [0.717, 1.165) is 19.4 Å². The van der Waals surface area contributed by atoms with Crippen LogP contribution in [0, 0.1) is 5.92 Å². The van der Waals surface area contributed by atoms with Crippen molar-refractivity contribution in [3.8, 4) is 0 Å². The van der Waals surface area contributed by atoms with Crippen LogP contribution < -0.4 is 0 Å². The molecule has 1 aliphatic carbocycles. The van der Waals surface area contributed by atoms with Crippen LogP contribution in [0.2, 0.25) is 0 Å². The number of aliphatic hydroxyl groups is 1. The van der Waals surface area contributed by atoms with Gasteiger partial charge in [0.25, 0.3) is 0 Å². The van der Waals surface area contributed by atoms with Gasteiger partial charge in [0.15, 0.2) is 5.78 Å². The van der Waals surface area contributed by atoms with Gasteiger partial charge in [0, 0.05) is 43.3 Å². The minimum absolute atomic E-state index is 0.250. The molecule has 14 heavy (non-hydrogen) atoms. The van der Waals surface area contributed by atoms with Gasteiger partial charge in [-0.15, -0.1) is 0 Å². The molecule has 1 heterocycles. The standard InChI is InChI=1S/C11H17NO2/c1-8-9(7-13)4-5-12(8)10-2-3-11(14)6-10/h6,8-9,13H,2-5,7H2,1H3. The summed E-state index contributed by atoms with van der Waals surface area (Å²) in [6.45, 7) is 3.39. The van der Waals surface area contributed by atoms with Crippen molar-refractivity contribution >= 4 is 5.78 Å². The number of aliphatic hydroxyl groups excluding tert-OH is 1. The zero-order valence-corrected chi connectivity index (χ0v) is 8.57. The molecule has 0 radical (unpaired) electrons. The highest BCUT2D eigenvalue weighted by atomic mass is 16.3. The van der Waals surface area contributed by atoms with E-state index < -0.39 is 0 Å². The largest absolute Gasteiger partial charge is 0.396 e. The summed E-state index contributed by atoms with van der Waals surface area (Å²) in [7, 11) is 0. The maximum Gasteiger partial charge on any atom is 0.157 e. The van der Waals surface area contributed by atoms with Crippen LogP contribution in [0.25, 0.3) is 0 Å². The lowest BCUT2D eigenvalue weighted by molar-refractivity contribution is -0.114. The van der Waals surface area contributed by atoms with E-state index in [2.05, 4.69) is 11.8 Å². The van der Waals surface area contributed by atoms with E-state index in [4.69, 9.17) is 5.11 Å². The molecule has 2 aliphatic rings. The van der Waals surface area contributed by atoms with Gasteiger partial charge in [-0.25, -0.2) is 0 Å². The minimum atomic E-state index is 0.250. The Bertz CT molecular complexity index is 272. The van der Waals surface area contributed by atoms with E-state index in [0.29, 0.717) is 18.4 Å². The molecule has 0 aromatic carbocycles. The zero-order chi connectivity index (χ0) is 10.1. The Morgan fingerprint density at radius 3 is 2.86 bits per heavy atom. The molecule has 1 aliphatic heterocycles. The fourth-order valence-electron chi connectivity index (χ4n) is 2.46. The van der Waals surface area contributed by atoms with Crippen molar-refractivity contribution in [3.63, 3.8) is 0 Å². The molecule has 0 saturated carbocycles. The summed E-state index contributed by atoms with van der Waals surface area (Å²) in [4.78, 5) is 13.4. The van der Waals surface area contributed by atoms with Gasteiger partial charge in [0.1, 0.15) is 0 Å². The quantitative estimate of drug-likeness (QED) is 0.712. The maximum absolute atomic E-state index is 11.1. The highest BCUT2D eigenvalue weighted by Gasteiger charge is 2.32. The molecule has 2 rings (SSSR count). The SMILES string of the molecule is CC1C(CO)CCN1C1=CC(=O)CC1. The van der Waals surface area contributed by atoms with Crippen molar-refractivity contribution < 1.29 is 9.90 Å². The van der Waals surface area contributed by atoms with Gasteiger partial charge >= 0.3 is 0 Å². The number of allylic oxidation sites excluding steroid dienone is 2. The third-order valence-electron chi connectivity index (χ3n) is 3.47. The molecule has 1 fully saturated rings. The monoisotopic (exact) mass is 195 g/mol. The molecule has 2 atom stereocenters. The second-order valence-electron chi connectivity index (χ2n) is 4.27. The second kappa shape index (κ2) is 3.73. The average molecular weight is 195 g/mol. The highest BCUT2D eigenvalue weighted by Crippen LogP contribution is 2.31. The number of hydrogen-bond donors (Lipinski definition) is 1. The van der Waals surface area contributed by atoms with E-state index in [1.807, 2.05) is 0 Å². The number of ketones is 1. The summed E-state index contributed by atoms with van der Waals surface area (Å²) >= 11 is 0. The van der Waals surface area contributed by atoms with E-state index in [9.17, 15) is 4.79 Å². The van der Waals surface area contributed by atoms with Crippen LogP contribution in [0.4, 0.5) is 0 Å². The predicted octanol–water partition coefficient (Wildman–Crippen LogP) is 0.936. The zero-order valence-electron chi connectivity index (χ0n) is 8.57. The Morgan fingerprint density at radius 1 is 1.57 bits per heavy atom. The molecule has 0 spiro atoms. The number of nitrogens with zero attached hydrogens (tertiary/aromatic N) is 1. The minimum Gasteiger partial charge on any atom is -0.396 e. The molecular weight excluding hydrogens is 178 g/mol. The molecule has 1 saturated heterocycles. The molecule has 2 unspecified atom stereocenters. The highest BCUT2D eigenvalue weighted by molar-refractivity contribution is 5.92. The first-order valence-electron chi connectivity index (χ1n) is 5.33. The van der Waals surface area contributed by atoms with Crippen LogP contribution in [0.1, 0.15) is 26.2 Å². The number of carbonyl (C=O) groups is 1. The van der Waals surface area contributed by atoms with Gasteiger partial charge in [0.05, 0.1) is 0 Å². The van der Waals surface area contributed by atoms with Gasteiger partial charge in [0.2, 0.25) is 0 Å². The summed E-state index contributed by atoms with van der Waals surface area (Å²) in [6.07, 6.45) is 4.38. The van der Waals surface area contributed by atoms with Gasteiger partial charge in [-0.2, -0.15) is 0 Å². The van der Waals surface area contributed by atoms with Gasteiger partial charge < -0.3 is 10.0 Å². The van der Waals surface area contributed by atoms with Crippen molar-refractivity contribution in [2.45, 2.75) is 32.2 Å². The van der Waals surface area contributed by atoms with E-state index in [1.165, 1.54) is 5.70 Å². The van der Waals surface area contributed by atoms with E-state index >= 15 is 0 Å². The molecular formula is C11H17NO2. The van der Waals surface area contributed by atoms with Crippen molar-refractivity contribution in [2.24, 2.45) is 5.92 Å². The predicted molar refractivity (Wildman–Crippen MR) is 53.7 cm³/mol. The molecule has 0 aromatic rings. The van der Waals surface area contributed by atoms with Crippen LogP contribution in [0.3, 0.4) is 0 Å². The summed E-state index contributed by atoms with van der Waals surface area (Å²) in [5, 5.41) is 9.14. The lowest BCUT2D eigenvalue weighted by atomic mass is 10.0. The lowest BCUT2D eigenvalue weighted by Gasteiger charge is -2.26. The molecule has 1 N–H and O–H groups in total. The maximum atomic E-state index is 11.1. The fraction of sp³-hybridized carbons (Fsp3) is 0.727.